The Morgan fingerprint density at radius 3 is 2.71 bits per heavy atom. The van der Waals surface area contributed by atoms with E-state index >= 15 is 0 Å². The third-order valence-electron chi connectivity index (χ3n) is 1.96. The van der Waals surface area contributed by atoms with Crippen molar-refractivity contribution in [1.29, 1.82) is 5.41 Å². The number of hydrogen-bond donors (Lipinski definition) is 2. The highest BCUT2D eigenvalue weighted by Gasteiger charge is 1.99. The first-order valence-electron chi connectivity index (χ1n) is 5.60. The molecule has 17 heavy (non-hydrogen) atoms. The minimum atomic E-state index is -0.0446. The summed E-state index contributed by atoms with van der Waals surface area (Å²) >= 11 is 0. The van der Waals surface area contributed by atoms with Gasteiger partial charge in [0.2, 0.25) is 0 Å². The molecule has 5 nitrogen and oxygen atoms in total. The molecule has 0 aliphatic rings. The highest BCUT2D eigenvalue weighted by atomic mass is 16.5. The van der Waals surface area contributed by atoms with Crippen molar-refractivity contribution in [3.63, 3.8) is 0 Å². The van der Waals surface area contributed by atoms with Crippen LogP contribution >= 0.6 is 0 Å². The van der Waals surface area contributed by atoms with Crippen molar-refractivity contribution in [3.05, 3.63) is 24.0 Å². The molecule has 0 aromatic carbocycles. The first-order chi connectivity index (χ1) is 8.09. The Kier molecular flexibility index (Phi) is 5.42. The van der Waals surface area contributed by atoms with Gasteiger partial charge in [-0.05, 0) is 18.1 Å². The second kappa shape index (κ2) is 6.85. The lowest BCUT2D eigenvalue weighted by molar-refractivity contribution is 0.0818. The van der Waals surface area contributed by atoms with Gasteiger partial charge in [-0.15, -0.1) is 0 Å². The van der Waals surface area contributed by atoms with Crippen LogP contribution in [0.15, 0.2) is 18.3 Å². The zero-order valence-corrected chi connectivity index (χ0v) is 10.3. The molecule has 0 saturated carbocycles. The number of rotatable bonds is 7. The van der Waals surface area contributed by atoms with Gasteiger partial charge in [0.15, 0.2) is 0 Å². The van der Waals surface area contributed by atoms with Gasteiger partial charge < -0.3 is 15.2 Å². The number of amidine groups is 1. The maximum atomic E-state index is 7.19. The topological polar surface area (TPSA) is 81.2 Å². The maximum absolute atomic E-state index is 7.19. The summed E-state index contributed by atoms with van der Waals surface area (Å²) in [6.07, 6.45) is 1.55. The molecule has 1 aromatic rings. The van der Waals surface area contributed by atoms with Gasteiger partial charge in [-0.3, -0.25) is 5.41 Å². The fourth-order valence-electron chi connectivity index (χ4n) is 1.16. The molecular weight excluding hydrogens is 218 g/mol. The van der Waals surface area contributed by atoms with Crippen molar-refractivity contribution in [2.24, 2.45) is 11.7 Å². The molecule has 0 fully saturated rings. The quantitative estimate of drug-likeness (QED) is 0.427. The molecule has 5 heteroatoms. The van der Waals surface area contributed by atoms with E-state index in [0.29, 0.717) is 30.6 Å². The zero-order chi connectivity index (χ0) is 12.7. The van der Waals surface area contributed by atoms with E-state index in [2.05, 4.69) is 18.8 Å². The van der Waals surface area contributed by atoms with E-state index in [-0.39, 0.29) is 5.84 Å². The van der Waals surface area contributed by atoms with Gasteiger partial charge >= 0.3 is 0 Å². The Bertz CT molecular complexity index is 349. The van der Waals surface area contributed by atoms with Gasteiger partial charge in [0.25, 0.3) is 0 Å². The lowest BCUT2D eigenvalue weighted by Crippen LogP contribution is -2.13. The van der Waals surface area contributed by atoms with E-state index in [1.807, 2.05) is 0 Å². The molecule has 0 radical (unpaired) electrons. The summed E-state index contributed by atoms with van der Waals surface area (Å²) in [7, 11) is 0. The van der Waals surface area contributed by atoms with E-state index in [9.17, 15) is 0 Å². The average molecular weight is 237 g/mol. The number of nitrogens with zero attached hydrogens (tertiary/aromatic N) is 1. The van der Waals surface area contributed by atoms with Crippen LogP contribution in [0, 0.1) is 11.3 Å². The summed E-state index contributed by atoms with van der Waals surface area (Å²) in [6.45, 7) is 6.00. The molecule has 1 rings (SSSR count). The van der Waals surface area contributed by atoms with Gasteiger partial charge in [-0.1, -0.05) is 13.8 Å². The molecule has 94 valence electrons. The minimum Gasteiger partial charge on any atom is -0.490 e. The van der Waals surface area contributed by atoms with Crippen molar-refractivity contribution >= 4 is 5.84 Å². The van der Waals surface area contributed by atoms with E-state index < -0.39 is 0 Å². The number of aromatic nitrogens is 1. The lowest BCUT2D eigenvalue weighted by Gasteiger charge is -2.08. The number of ether oxygens (including phenoxy) is 2. The molecule has 3 N–H and O–H groups in total. The van der Waals surface area contributed by atoms with Crippen LogP contribution in [0.25, 0.3) is 0 Å². The third-order valence-corrected chi connectivity index (χ3v) is 1.96. The van der Waals surface area contributed by atoms with Crippen molar-refractivity contribution in [1.82, 2.24) is 4.98 Å². The second-order valence-electron chi connectivity index (χ2n) is 4.11. The molecule has 0 bridgehead atoms. The summed E-state index contributed by atoms with van der Waals surface area (Å²) in [4.78, 5) is 3.99. The summed E-state index contributed by atoms with van der Waals surface area (Å²) in [5.74, 6) is 1.14. The molecule has 0 atom stereocenters. The molecular formula is C12H19N3O2. The van der Waals surface area contributed by atoms with Crippen molar-refractivity contribution < 1.29 is 9.47 Å². The van der Waals surface area contributed by atoms with Crippen LogP contribution < -0.4 is 10.5 Å². The van der Waals surface area contributed by atoms with Crippen LogP contribution in [0.3, 0.4) is 0 Å². The fraction of sp³-hybridized carbons (Fsp3) is 0.500. The summed E-state index contributed by atoms with van der Waals surface area (Å²) in [6, 6.07) is 3.40. The minimum absolute atomic E-state index is 0.0446. The van der Waals surface area contributed by atoms with E-state index in [4.69, 9.17) is 20.6 Å². The first kappa shape index (κ1) is 13.4. The van der Waals surface area contributed by atoms with Gasteiger partial charge in [0, 0.05) is 6.61 Å². The Labute approximate surface area is 101 Å². The Balaban J connectivity index is 2.25. The summed E-state index contributed by atoms with van der Waals surface area (Å²) in [5, 5.41) is 7.19. The lowest BCUT2D eigenvalue weighted by atomic mass is 10.2. The normalized spacial score (nSPS) is 10.5. The van der Waals surface area contributed by atoms with E-state index in [1.165, 1.54) is 0 Å². The largest absolute Gasteiger partial charge is 0.490 e. The van der Waals surface area contributed by atoms with Crippen LogP contribution in [-0.4, -0.2) is 30.6 Å². The fourth-order valence-corrected chi connectivity index (χ4v) is 1.16. The summed E-state index contributed by atoms with van der Waals surface area (Å²) in [5.41, 5.74) is 5.74. The zero-order valence-electron chi connectivity index (χ0n) is 10.3. The predicted molar refractivity (Wildman–Crippen MR) is 66.4 cm³/mol. The van der Waals surface area contributed by atoms with Crippen LogP contribution in [0.1, 0.15) is 19.5 Å². The smallest absolute Gasteiger partial charge is 0.141 e. The number of nitrogen functional groups attached to an aromatic ring is 1. The van der Waals surface area contributed by atoms with Gasteiger partial charge in [-0.25, -0.2) is 4.98 Å². The van der Waals surface area contributed by atoms with Crippen molar-refractivity contribution in [3.8, 4) is 5.75 Å². The average Bonchev–Trinajstić information content (AvgIpc) is 2.29. The maximum Gasteiger partial charge on any atom is 0.141 e. The molecule has 1 aromatic heterocycles. The standard InChI is InChI=1S/C12H19N3O2/c1-9(2)8-16-5-6-17-10-3-4-11(12(13)14)15-7-10/h3-4,7,9H,5-6,8H2,1-2H3,(H3,13,14). The van der Waals surface area contributed by atoms with Crippen molar-refractivity contribution in [2.75, 3.05) is 19.8 Å². The molecule has 0 aliphatic heterocycles. The van der Waals surface area contributed by atoms with Gasteiger partial charge in [0.05, 0.1) is 12.8 Å². The SMILES string of the molecule is CC(C)COCCOc1ccc(C(=N)N)nc1. The second-order valence-corrected chi connectivity index (χ2v) is 4.11. The number of hydrogen-bond acceptors (Lipinski definition) is 4. The number of pyridine rings is 1. The molecule has 0 amide bonds. The molecule has 0 aliphatic carbocycles. The van der Waals surface area contributed by atoms with Crippen LogP contribution in [0.2, 0.25) is 0 Å². The van der Waals surface area contributed by atoms with E-state index in [1.54, 1.807) is 18.3 Å². The third kappa shape index (κ3) is 5.31. The van der Waals surface area contributed by atoms with E-state index in [0.717, 1.165) is 6.61 Å². The molecule has 0 saturated heterocycles. The van der Waals surface area contributed by atoms with Crippen LogP contribution in [-0.2, 0) is 4.74 Å². The summed E-state index contributed by atoms with van der Waals surface area (Å²) < 4.78 is 10.8. The van der Waals surface area contributed by atoms with Crippen LogP contribution in [0.5, 0.6) is 5.75 Å². The molecule has 1 heterocycles. The van der Waals surface area contributed by atoms with Crippen LogP contribution in [0.4, 0.5) is 0 Å². The Morgan fingerprint density at radius 2 is 2.18 bits per heavy atom. The van der Waals surface area contributed by atoms with Gasteiger partial charge in [-0.2, -0.15) is 0 Å². The monoisotopic (exact) mass is 237 g/mol. The molecule has 0 unspecified atom stereocenters. The highest BCUT2D eigenvalue weighted by molar-refractivity contribution is 5.92. The van der Waals surface area contributed by atoms with Crippen molar-refractivity contribution in [2.45, 2.75) is 13.8 Å². The molecule has 0 spiro atoms. The Hall–Kier alpha value is -1.62. The predicted octanol–water partition coefficient (Wildman–Crippen LogP) is 1.42. The Morgan fingerprint density at radius 1 is 1.41 bits per heavy atom. The number of nitrogens with one attached hydrogen (secondary N) is 1. The number of nitrogens with two attached hydrogens (primary N) is 1. The first-order valence-corrected chi connectivity index (χ1v) is 5.60. The van der Waals surface area contributed by atoms with Gasteiger partial charge in [0.1, 0.15) is 23.9 Å². The highest BCUT2D eigenvalue weighted by Crippen LogP contribution is 2.08.